The first-order valence-electron chi connectivity index (χ1n) is 9.55. The van der Waals surface area contributed by atoms with E-state index in [9.17, 15) is 14.4 Å². The van der Waals surface area contributed by atoms with E-state index in [1.165, 1.54) is 7.11 Å². The molecule has 0 spiro atoms. The summed E-state index contributed by atoms with van der Waals surface area (Å²) >= 11 is 6.18. The zero-order chi connectivity index (χ0) is 22.7. The fraction of sp³-hybridized carbons (Fsp3) is 0.0417. The highest BCUT2D eigenvalue weighted by Crippen LogP contribution is 2.35. The molecular weight excluding hydrogens is 432 g/mol. The summed E-state index contributed by atoms with van der Waals surface area (Å²) in [5, 5.41) is 2.62. The van der Waals surface area contributed by atoms with Gasteiger partial charge in [-0.2, -0.15) is 0 Å². The van der Waals surface area contributed by atoms with Gasteiger partial charge in [-0.05, 0) is 48.5 Å². The van der Waals surface area contributed by atoms with E-state index in [2.05, 4.69) is 5.32 Å². The fourth-order valence-corrected chi connectivity index (χ4v) is 3.35. The van der Waals surface area contributed by atoms with Crippen molar-refractivity contribution >= 4 is 40.8 Å². The summed E-state index contributed by atoms with van der Waals surface area (Å²) in [6.07, 6.45) is 0. The first-order chi connectivity index (χ1) is 15.5. The van der Waals surface area contributed by atoms with Gasteiger partial charge in [0.2, 0.25) is 0 Å². The van der Waals surface area contributed by atoms with Gasteiger partial charge in [-0.1, -0.05) is 41.9 Å². The Kier molecular flexibility index (Phi) is 5.91. The van der Waals surface area contributed by atoms with Crippen molar-refractivity contribution in [2.24, 2.45) is 0 Å². The number of ether oxygens (including phenoxy) is 2. The number of halogens is 1. The Labute approximate surface area is 188 Å². The van der Waals surface area contributed by atoms with E-state index in [1.54, 1.807) is 72.8 Å². The van der Waals surface area contributed by atoms with Gasteiger partial charge in [-0.15, -0.1) is 0 Å². The number of carbonyl (C=O) groups is 3. The first kappa shape index (κ1) is 21.1. The third-order valence-electron chi connectivity index (χ3n) is 4.70. The van der Waals surface area contributed by atoms with Crippen LogP contribution in [-0.2, 0) is 9.59 Å². The van der Waals surface area contributed by atoms with Crippen molar-refractivity contribution < 1.29 is 23.9 Å². The summed E-state index contributed by atoms with van der Waals surface area (Å²) in [4.78, 5) is 38.8. The second-order valence-corrected chi connectivity index (χ2v) is 7.09. The molecule has 0 bridgehead atoms. The van der Waals surface area contributed by atoms with E-state index in [0.29, 0.717) is 28.4 Å². The van der Waals surface area contributed by atoms with Gasteiger partial charge in [0.15, 0.2) is 0 Å². The molecule has 0 atom stereocenters. The normalized spacial score (nSPS) is 13.4. The number of methoxy groups -OCH3 is 1. The summed E-state index contributed by atoms with van der Waals surface area (Å²) in [5.41, 5.74) is 1.02. The first-order valence-corrected chi connectivity index (χ1v) is 9.93. The molecule has 32 heavy (non-hydrogen) atoms. The minimum atomic E-state index is -0.660. The third kappa shape index (κ3) is 4.06. The molecule has 4 rings (SSSR count). The zero-order valence-electron chi connectivity index (χ0n) is 16.9. The SMILES string of the molecule is COc1ccccc1N1C(=O)C(Cl)=C(Nc2ccc(C(=O)Oc3ccccc3)cc2)C1=O. The molecule has 2 amide bonds. The molecule has 0 saturated heterocycles. The number of hydrogen-bond donors (Lipinski definition) is 1. The molecular formula is C24H17ClN2O5. The molecule has 0 radical (unpaired) electrons. The minimum Gasteiger partial charge on any atom is -0.495 e. The van der Waals surface area contributed by atoms with Crippen LogP contribution in [0.4, 0.5) is 11.4 Å². The fourth-order valence-electron chi connectivity index (χ4n) is 3.13. The summed E-state index contributed by atoms with van der Waals surface area (Å²) in [6.45, 7) is 0. The van der Waals surface area contributed by atoms with E-state index >= 15 is 0 Å². The molecule has 3 aromatic carbocycles. The average Bonchev–Trinajstić information content (AvgIpc) is 3.03. The quantitative estimate of drug-likeness (QED) is 0.343. The molecule has 3 aromatic rings. The van der Waals surface area contributed by atoms with E-state index in [4.69, 9.17) is 21.1 Å². The maximum atomic E-state index is 12.9. The van der Waals surface area contributed by atoms with Crippen molar-refractivity contribution in [3.8, 4) is 11.5 Å². The Morgan fingerprint density at radius 2 is 1.53 bits per heavy atom. The Morgan fingerprint density at radius 3 is 2.22 bits per heavy atom. The van der Waals surface area contributed by atoms with Crippen molar-refractivity contribution in [3.05, 3.63) is 95.2 Å². The van der Waals surface area contributed by atoms with E-state index < -0.39 is 17.8 Å². The van der Waals surface area contributed by atoms with Gasteiger partial charge in [0.05, 0.1) is 18.4 Å². The zero-order valence-corrected chi connectivity index (χ0v) is 17.6. The molecule has 7 nitrogen and oxygen atoms in total. The highest BCUT2D eigenvalue weighted by Gasteiger charge is 2.40. The summed E-state index contributed by atoms with van der Waals surface area (Å²) < 4.78 is 10.5. The smallest absolute Gasteiger partial charge is 0.343 e. The second-order valence-electron chi connectivity index (χ2n) is 6.71. The van der Waals surface area contributed by atoms with Gasteiger partial charge in [-0.3, -0.25) is 9.59 Å². The van der Waals surface area contributed by atoms with Crippen molar-refractivity contribution in [2.75, 3.05) is 17.3 Å². The van der Waals surface area contributed by atoms with Crippen LogP contribution < -0.4 is 19.7 Å². The lowest BCUT2D eigenvalue weighted by atomic mass is 10.2. The maximum Gasteiger partial charge on any atom is 0.343 e. The lowest BCUT2D eigenvalue weighted by Crippen LogP contribution is -2.32. The molecule has 0 unspecified atom stereocenters. The number of esters is 1. The van der Waals surface area contributed by atoms with Gasteiger partial charge >= 0.3 is 5.97 Å². The standard InChI is InChI=1S/C24H17ClN2O5/c1-31-19-10-6-5-9-18(19)27-22(28)20(25)21(23(27)29)26-16-13-11-15(12-14-16)24(30)32-17-7-3-2-4-8-17/h2-14,26H,1H3. The number of imide groups is 1. The molecule has 1 heterocycles. The van der Waals surface area contributed by atoms with E-state index in [0.717, 1.165) is 4.90 Å². The Morgan fingerprint density at radius 1 is 0.875 bits per heavy atom. The van der Waals surface area contributed by atoms with E-state index in [1.807, 2.05) is 6.07 Å². The number of carbonyl (C=O) groups excluding carboxylic acids is 3. The van der Waals surface area contributed by atoms with Crippen LogP contribution in [0.3, 0.4) is 0 Å². The predicted octanol–water partition coefficient (Wildman–Crippen LogP) is 4.35. The average molecular weight is 449 g/mol. The molecule has 0 aromatic heterocycles. The number of benzene rings is 3. The molecule has 0 aliphatic carbocycles. The molecule has 1 N–H and O–H groups in total. The number of para-hydroxylation sites is 3. The molecule has 8 heteroatoms. The number of rotatable bonds is 6. The van der Waals surface area contributed by atoms with Crippen molar-refractivity contribution in [2.45, 2.75) is 0 Å². The highest BCUT2D eigenvalue weighted by atomic mass is 35.5. The number of nitrogens with one attached hydrogen (secondary N) is 1. The lowest BCUT2D eigenvalue weighted by Gasteiger charge is -2.17. The Hall–Kier alpha value is -4.10. The molecule has 160 valence electrons. The predicted molar refractivity (Wildman–Crippen MR) is 120 cm³/mol. The summed E-state index contributed by atoms with van der Waals surface area (Å²) in [6, 6.07) is 21.6. The summed E-state index contributed by atoms with van der Waals surface area (Å²) in [5.74, 6) is -0.998. The van der Waals surface area contributed by atoms with Gasteiger partial charge in [0, 0.05) is 5.69 Å². The van der Waals surface area contributed by atoms with Crippen LogP contribution in [0.15, 0.2) is 89.6 Å². The minimum absolute atomic E-state index is 0.0674. The number of nitrogens with zero attached hydrogens (tertiary/aromatic N) is 1. The molecule has 1 aliphatic rings. The van der Waals surface area contributed by atoms with Crippen LogP contribution >= 0.6 is 11.6 Å². The van der Waals surface area contributed by atoms with E-state index in [-0.39, 0.29) is 10.7 Å². The van der Waals surface area contributed by atoms with Crippen molar-refractivity contribution in [3.63, 3.8) is 0 Å². The van der Waals surface area contributed by atoms with Crippen LogP contribution in [0, 0.1) is 0 Å². The number of anilines is 2. The molecule has 0 fully saturated rings. The largest absolute Gasteiger partial charge is 0.495 e. The third-order valence-corrected chi connectivity index (χ3v) is 5.05. The highest BCUT2D eigenvalue weighted by molar-refractivity contribution is 6.53. The Balaban J connectivity index is 1.51. The summed E-state index contributed by atoms with van der Waals surface area (Å²) in [7, 11) is 1.45. The van der Waals surface area contributed by atoms with Gasteiger partial charge in [-0.25, -0.2) is 9.69 Å². The van der Waals surface area contributed by atoms with Crippen LogP contribution in [0.1, 0.15) is 10.4 Å². The number of amides is 2. The van der Waals surface area contributed by atoms with Gasteiger partial charge in [0.25, 0.3) is 11.8 Å². The van der Waals surface area contributed by atoms with Crippen molar-refractivity contribution in [1.82, 2.24) is 0 Å². The lowest BCUT2D eigenvalue weighted by molar-refractivity contribution is -0.120. The van der Waals surface area contributed by atoms with Crippen molar-refractivity contribution in [1.29, 1.82) is 0 Å². The monoisotopic (exact) mass is 448 g/mol. The maximum absolute atomic E-state index is 12.9. The molecule has 0 saturated carbocycles. The van der Waals surface area contributed by atoms with Crippen LogP contribution in [0.5, 0.6) is 11.5 Å². The van der Waals surface area contributed by atoms with Crippen LogP contribution in [0.25, 0.3) is 0 Å². The Bertz CT molecular complexity index is 1220. The van der Waals surface area contributed by atoms with Gasteiger partial charge < -0.3 is 14.8 Å². The molecule has 1 aliphatic heterocycles. The van der Waals surface area contributed by atoms with Crippen LogP contribution in [0.2, 0.25) is 0 Å². The number of hydrogen-bond acceptors (Lipinski definition) is 6. The van der Waals surface area contributed by atoms with Gasteiger partial charge in [0.1, 0.15) is 22.2 Å². The second kappa shape index (κ2) is 8.95. The topological polar surface area (TPSA) is 84.9 Å². The van der Waals surface area contributed by atoms with Crippen LogP contribution in [-0.4, -0.2) is 24.9 Å².